The Morgan fingerprint density at radius 1 is 1.10 bits per heavy atom. The van der Waals surface area contributed by atoms with E-state index in [1.54, 1.807) is 30.2 Å². The fraction of sp³-hybridized carbons (Fsp3) is 0.227. The summed E-state index contributed by atoms with van der Waals surface area (Å²) in [6.45, 7) is 4.96. The smallest absolute Gasteiger partial charge is 0.191 e. The summed E-state index contributed by atoms with van der Waals surface area (Å²) < 4.78 is 7.61. The minimum absolute atomic E-state index is 0.732. The molecule has 2 aromatic carbocycles. The zero-order valence-corrected chi connectivity index (χ0v) is 18.8. The molecule has 0 aliphatic rings. The van der Waals surface area contributed by atoms with Crippen molar-refractivity contribution < 1.29 is 4.74 Å². The number of nitrogens with zero attached hydrogens (tertiary/aromatic N) is 4. The number of benzene rings is 2. The molecule has 4 rings (SSSR count). The first-order valence-electron chi connectivity index (χ1n) is 9.66. The van der Waals surface area contributed by atoms with Crippen molar-refractivity contribution in [2.24, 2.45) is 0 Å². The minimum Gasteiger partial charge on any atom is -0.496 e. The number of aryl methyl sites for hydroxylation is 1. The predicted molar refractivity (Wildman–Crippen MR) is 124 cm³/mol. The van der Waals surface area contributed by atoms with Gasteiger partial charge in [0.15, 0.2) is 16.1 Å². The molecule has 0 fully saturated rings. The van der Waals surface area contributed by atoms with Gasteiger partial charge < -0.3 is 14.6 Å². The highest BCUT2D eigenvalue weighted by atomic mass is 32.2. The van der Waals surface area contributed by atoms with E-state index in [4.69, 9.17) is 9.72 Å². The van der Waals surface area contributed by atoms with E-state index >= 15 is 0 Å². The molecule has 4 aromatic rings. The summed E-state index contributed by atoms with van der Waals surface area (Å²) in [5, 5.41) is 16.1. The Morgan fingerprint density at radius 2 is 1.90 bits per heavy atom. The van der Waals surface area contributed by atoms with E-state index < -0.39 is 0 Å². The zero-order valence-electron chi connectivity index (χ0n) is 17.1. The molecule has 1 N–H and O–H groups in total. The van der Waals surface area contributed by atoms with Crippen molar-refractivity contribution in [3.8, 4) is 17.1 Å². The first-order chi connectivity index (χ1) is 14.7. The second kappa shape index (κ2) is 9.32. The number of thioether (sulfide) groups is 1. The topological polar surface area (TPSA) is 64.9 Å². The van der Waals surface area contributed by atoms with Crippen LogP contribution in [-0.2, 0) is 12.3 Å². The van der Waals surface area contributed by atoms with Gasteiger partial charge in [0.1, 0.15) is 5.75 Å². The van der Waals surface area contributed by atoms with Gasteiger partial charge in [-0.25, -0.2) is 4.98 Å². The number of hydrogen-bond donors (Lipinski definition) is 1. The van der Waals surface area contributed by atoms with Crippen molar-refractivity contribution in [1.82, 2.24) is 19.7 Å². The number of para-hydroxylation sites is 2. The second-order valence-electron chi connectivity index (χ2n) is 6.62. The normalized spacial score (nSPS) is 10.9. The van der Waals surface area contributed by atoms with Crippen molar-refractivity contribution in [1.29, 1.82) is 0 Å². The first kappa shape index (κ1) is 20.4. The predicted octanol–water partition coefficient (Wildman–Crippen LogP) is 5.77. The van der Waals surface area contributed by atoms with Crippen LogP contribution in [-0.4, -0.2) is 26.9 Å². The lowest BCUT2D eigenvalue weighted by atomic mass is 10.2. The summed E-state index contributed by atoms with van der Waals surface area (Å²) in [5.74, 6) is 2.34. The van der Waals surface area contributed by atoms with E-state index in [2.05, 4.69) is 51.4 Å². The molecule has 6 nitrogen and oxygen atoms in total. The van der Waals surface area contributed by atoms with E-state index in [1.165, 1.54) is 5.56 Å². The molecule has 0 atom stereocenters. The van der Waals surface area contributed by atoms with Crippen LogP contribution < -0.4 is 10.1 Å². The maximum Gasteiger partial charge on any atom is 0.191 e. The van der Waals surface area contributed by atoms with Gasteiger partial charge in [-0.2, -0.15) is 0 Å². The molecule has 30 heavy (non-hydrogen) atoms. The number of hydrogen-bond acceptors (Lipinski definition) is 7. The molecule has 0 spiro atoms. The highest BCUT2D eigenvalue weighted by Crippen LogP contribution is 2.32. The fourth-order valence-corrected chi connectivity index (χ4v) is 4.83. The van der Waals surface area contributed by atoms with E-state index in [9.17, 15) is 0 Å². The first-order valence-corrected chi connectivity index (χ1v) is 11.5. The maximum atomic E-state index is 5.49. The molecular weight excluding hydrogens is 414 g/mol. The van der Waals surface area contributed by atoms with Crippen LogP contribution in [0.25, 0.3) is 11.4 Å². The molecule has 0 saturated heterocycles. The van der Waals surface area contributed by atoms with Crippen LogP contribution in [0, 0.1) is 6.92 Å². The molecule has 0 unspecified atom stereocenters. The Balaban J connectivity index is 1.48. The van der Waals surface area contributed by atoms with Crippen LogP contribution in [0.3, 0.4) is 0 Å². The third-order valence-corrected chi connectivity index (χ3v) is 6.48. The van der Waals surface area contributed by atoms with Gasteiger partial charge in [-0.05, 0) is 37.6 Å². The summed E-state index contributed by atoms with van der Waals surface area (Å²) in [6, 6.07) is 16.1. The number of methoxy groups -OCH3 is 1. The lowest BCUT2D eigenvalue weighted by molar-refractivity contribution is 0.416. The average Bonchev–Trinajstić information content (AvgIpc) is 3.40. The van der Waals surface area contributed by atoms with E-state index in [0.717, 1.165) is 51.1 Å². The number of rotatable bonds is 8. The lowest BCUT2D eigenvalue weighted by Gasteiger charge is -2.10. The molecule has 0 amide bonds. The van der Waals surface area contributed by atoms with E-state index in [1.807, 2.05) is 36.4 Å². The van der Waals surface area contributed by atoms with E-state index in [0.29, 0.717) is 0 Å². The molecule has 154 valence electrons. The molecular formula is C22H23N5OS2. The summed E-state index contributed by atoms with van der Waals surface area (Å²) in [7, 11) is 1.67. The number of aromatic nitrogens is 4. The monoisotopic (exact) mass is 437 g/mol. The minimum atomic E-state index is 0.732. The van der Waals surface area contributed by atoms with Crippen LogP contribution in [0.4, 0.5) is 10.8 Å². The van der Waals surface area contributed by atoms with Crippen molar-refractivity contribution in [3.05, 3.63) is 65.2 Å². The second-order valence-corrected chi connectivity index (χ2v) is 8.42. The molecule has 2 aromatic heterocycles. The molecule has 8 heteroatoms. The molecule has 0 bridgehead atoms. The molecule has 0 aliphatic carbocycles. The SMILES string of the molecule is CCn1c(SCc2csc(Nc3ccccc3C)n2)nnc1-c1ccccc1OC. The summed E-state index contributed by atoms with van der Waals surface area (Å²) in [4.78, 5) is 4.72. The quantitative estimate of drug-likeness (QED) is 0.353. The van der Waals surface area contributed by atoms with E-state index in [-0.39, 0.29) is 0 Å². The van der Waals surface area contributed by atoms with Gasteiger partial charge in [-0.1, -0.05) is 42.1 Å². The lowest BCUT2D eigenvalue weighted by Crippen LogP contribution is -2.01. The third kappa shape index (κ3) is 4.34. The van der Waals surface area contributed by atoms with Crippen LogP contribution in [0.5, 0.6) is 5.75 Å². The van der Waals surface area contributed by atoms with Crippen molar-refractivity contribution in [2.45, 2.75) is 31.3 Å². The number of anilines is 2. The Hall–Kier alpha value is -2.84. The zero-order chi connectivity index (χ0) is 20.9. The Labute approximate surface area is 184 Å². The fourth-order valence-electron chi connectivity index (χ4n) is 3.11. The van der Waals surface area contributed by atoms with Crippen molar-refractivity contribution in [3.63, 3.8) is 0 Å². The van der Waals surface area contributed by atoms with Crippen molar-refractivity contribution in [2.75, 3.05) is 12.4 Å². The molecule has 0 saturated carbocycles. The Morgan fingerprint density at radius 3 is 2.70 bits per heavy atom. The highest BCUT2D eigenvalue weighted by Gasteiger charge is 2.17. The average molecular weight is 438 g/mol. The van der Waals surface area contributed by atoms with Crippen LogP contribution >= 0.6 is 23.1 Å². The third-order valence-electron chi connectivity index (χ3n) is 4.67. The summed E-state index contributed by atoms with van der Waals surface area (Å²) in [6.07, 6.45) is 0. The Kier molecular flexibility index (Phi) is 6.35. The van der Waals surface area contributed by atoms with Gasteiger partial charge in [-0.3, -0.25) is 0 Å². The Bertz CT molecular complexity index is 1140. The standard InChI is InChI=1S/C22H23N5OS2/c1-4-27-20(17-10-6-8-12-19(17)28-3)25-26-22(27)30-14-16-13-29-21(23-16)24-18-11-7-5-9-15(18)2/h5-13H,4,14H2,1-3H3,(H,23,24). The maximum absolute atomic E-state index is 5.49. The van der Waals surface area contributed by atoms with Gasteiger partial charge in [0.2, 0.25) is 0 Å². The summed E-state index contributed by atoms with van der Waals surface area (Å²) >= 11 is 3.25. The highest BCUT2D eigenvalue weighted by molar-refractivity contribution is 7.98. The van der Waals surface area contributed by atoms with Crippen LogP contribution in [0.15, 0.2) is 59.1 Å². The largest absolute Gasteiger partial charge is 0.496 e. The number of thiazole rings is 1. The van der Waals surface area contributed by atoms with Gasteiger partial charge in [0.05, 0.1) is 18.4 Å². The molecule has 0 aliphatic heterocycles. The van der Waals surface area contributed by atoms with Crippen LogP contribution in [0.2, 0.25) is 0 Å². The number of ether oxygens (including phenoxy) is 1. The van der Waals surface area contributed by atoms with Crippen LogP contribution in [0.1, 0.15) is 18.2 Å². The number of nitrogens with one attached hydrogen (secondary N) is 1. The molecule has 0 radical (unpaired) electrons. The summed E-state index contributed by atoms with van der Waals surface area (Å²) in [5.41, 5.74) is 4.24. The van der Waals surface area contributed by atoms with Gasteiger partial charge >= 0.3 is 0 Å². The van der Waals surface area contributed by atoms with Crippen molar-refractivity contribution >= 4 is 33.9 Å². The molecule has 2 heterocycles. The van der Waals surface area contributed by atoms with Gasteiger partial charge in [-0.15, -0.1) is 21.5 Å². The van der Waals surface area contributed by atoms with Gasteiger partial charge in [0.25, 0.3) is 0 Å². The van der Waals surface area contributed by atoms with Gasteiger partial charge in [0, 0.05) is 23.4 Å².